The Morgan fingerprint density at radius 2 is 2.12 bits per heavy atom. The van der Waals surface area contributed by atoms with Crippen LogP contribution in [-0.4, -0.2) is 33.5 Å². The molecule has 0 aliphatic carbocycles. The summed E-state index contributed by atoms with van der Waals surface area (Å²) in [6.45, 7) is 5.06. The summed E-state index contributed by atoms with van der Waals surface area (Å²) in [6.07, 6.45) is 1.44. The molecule has 2 N–H and O–H groups in total. The number of rotatable bonds is 4. The smallest absolute Gasteiger partial charge is 0.308 e. The number of nitrogens with one attached hydrogen (secondary N) is 1. The molecule has 0 fully saturated rings. The van der Waals surface area contributed by atoms with Gasteiger partial charge in [-0.1, -0.05) is 6.92 Å². The van der Waals surface area contributed by atoms with Crippen LogP contribution in [0.3, 0.4) is 0 Å². The Morgan fingerprint density at radius 3 is 2.65 bits per heavy atom. The van der Waals surface area contributed by atoms with Crippen molar-refractivity contribution in [2.45, 2.75) is 20.8 Å². The van der Waals surface area contributed by atoms with Crippen LogP contribution in [0.4, 0.5) is 0 Å². The summed E-state index contributed by atoms with van der Waals surface area (Å²) in [4.78, 5) is 30.3. The maximum Gasteiger partial charge on any atom is 0.308 e. The molecule has 0 aliphatic rings. The molecular formula is C11H15N3O3. The van der Waals surface area contributed by atoms with Gasteiger partial charge in [-0.15, -0.1) is 0 Å². The van der Waals surface area contributed by atoms with Crippen molar-refractivity contribution >= 4 is 11.9 Å². The summed E-state index contributed by atoms with van der Waals surface area (Å²) in [7, 11) is 0. The van der Waals surface area contributed by atoms with Crippen molar-refractivity contribution in [3.8, 4) is 0 Å². The van der Waals surface area contributed by atoms with Crippen LogP contribution < -0.4 is 5.32 Å². The normalized spacial score (nSPS) is 11.9. The highest BCUT2D eigenvalue weighted by Crippen LogP contribution is 2.04. The molecule has 6 heteroatoms. The Morgan fingerprint density at radius 1 is 1.47 bits per heavy atom. The van der Waals surface area contributed by atoms with Gasteiger partial charge in [0, 0.05) is 12.7 Å². The number of aliphatic carboxylic acids is 1. The minimum atomic E-state index is -0.942. The molecule has 92 valence electrons. The fraction of sp³-hybridized carbons (Fsp3) is 0.455. The quantitative estimate of drug-likeness (QED) is 0.797. The summed E-state index contributed by atoms with van der Waals surface area (Å²) in [5.74, 6) is -1.32. The number of carbonyl (C=O) groups is 2. The zero-order valence-electron chi connectivity index (χ0n) is 10.0. The van der Waals surface area contributed by atoms with Crippen LogP contribution in [-0.2, 0) is 4.79 Å². The Bertz CT molecular complexity index is 446. The van der Waals surface area contributed by atoms with Gasteiger partial charge in [0.15, 0.2) is 0 Å². The summed E-state index contributed by atoms with van der Waals surface area (Å²) in [6, 6.07) is 0. The average Bonchev–Trinajstić information content (AvgIpc) is 2.25. The Balaban J connectivity index is 2.67. The van der Waals surface area contributed by atoms with Gasteiger partial charge < -0.3 is 10.4 Å². The minimum Gasteiger partial charge on any atom is -0.481 e. The van der Waals surface area contributed by atoms with E-state index in [1.807, 2.05) is 0 Å². The largest absolute Gasteiger partial charge is 0.481 e. The predicted octanol–water partition coefficient (Wildman–Crippen LogP) is 0.544. The van der Waals surface area contributed by atoms with Crippen molar-refractivity contribution in [1.29, 1.82) is 0 Å². The number of amides is 1. The molecule has 0 spiro atoms. The highest BCUT2D eigenvalue weighted by molar-refractivity contribution is 5.95. The molecule has 0 saturated carbocycles. The van der Waals surface area contributed by atoms with E-state index in [0.717, 1.165) is 0 Å². The van der Waals surface area contributed by atoms with Crippen LogP contribution in [0.2, 0.25) is 0 Å². The summed E-state index contributed by atoms with van der Waals surface area (Å²) < 4.78 is 0. The predicted molar refractivity (Wildman–Crippen MR) is 60.6 cm³/mol. The lowest BCUT2D eigenvalue weighted by atomic mass is 10.1. The Labute approximate surface area is 99.1 Å². The van der Waals surface area contributed by atoms with Crippen molar-refractivity contribution in [3.05, 3.63) is 23.3 Å². The van der Waals surface area contributed by atoms with Crippen molar-refractivity contribution in [2.75, 3.05) is 6.54 Å². The second-order valence-corrected chi connectivity index (χ2v) is 3.87. The van der Waals surface area contributed by atoms with Crippen molar-refractivity contribution in [2.24, 2.45) is 5.92 Å². The number of hydrogen-bond acceptors (Lipinski definition) is 4. The van der Waals surface area contributed by atoms with Gasteiger partial charge in [-0.2, -0.15) is 0 Å². The highest BCUT2D eigenvalue weighted by Gasteiger charge is 2.15. The number of hydrogen-bond donors (Lipinski definition) is 2. The number of aryl methyl sites for hydroxylation is 2. The van der Waals surface area contributed by atoms with Crippen LogP contribution in [0.25, 0.3) is 0 Å². The van der Waals surface area contributed by atoms with E-state index in [0.29, 0.717) is 17.1 Å². The third-order valence-electron chi connectivity index (χ3n) is 2.33. The lowest BCUT2D eigenvalue weighted by Crippen LogP contribution is -2.32. The second-order valence-electron chi connectivity index (χ2n) is 3.87. The lowest BCUT2D eigenvalue weighted by molar-refractivity contribution is -0.140. The van der Waals surface area contributed by atoms with Gasteiger partial charge in [0.05, 0.1) is 17.2 Å². The minimum absolute atomic E-state index is 0.0848. The molecule has 1 amide bonds. The molecule has 0 radical (unpaired) electrons. The molecule has 17 heavy (non-hydrogen) atoms. The van der Waals surface area contributed by atoms with E-state index in [-0.39, 0.29) is 12.5 Å². The number of carbonyl (C=O) groups excluding carboxylic acids is 1. The third-order valence-corrected chi connectivity index (χ3v) is 2.33. The zero-order chi connectivity index (χ0) is 13.0. The summed E-state index contributed by atoms with van der Waals surface area (Å²) in [5.41, 5.74) is 0.950. The monoisotopic (exact) mass is 237 g/mol. The first kappa shape index (κ1) is 13.1. The van der Waals surface area contributed by atoms with E-state index in [2.05, 4.69) is 15.3 Å². The number of carboxylic acid groups (broad SMARTS) is 1. The lowest BCUT2D eigenvalue weighted by Gasteiger charge is -2.09. The van der Waals surface area contributed by atoms with Crippen molar-refractivity contribution in [3.63, 3.8) is 0 Å². The molecule has 0 bridgehead atoms. The third kappa shape index (κ3) is 3.51. The fourth-order valence-corrected chi connectivity index (χ4v) is 1.23. The van der Waals surface area contributed by atoms with Crippen LogP contribution in [0.1, 0.15) is 28.8 Å². The molecule has 6 nitrogen and oxygen atoms in total. The second kappa shape index (κ2) is 5.38. The fourth-order valence-electron chi connectivity index (χ4n) is 1.23. The van der Waals surface area contributed by atoms with E-state index in [9.17, 15) is 9.59 Å². The standard InChI is InChI=1S/C11H15N3O3/c1-6(11(16)17)4-13-10(15)9-5-12-8(3)14-7(9)2/h5-6H,4H2,1-3H3,(H,13,15)(H,16,17). The molecule has 1 aromatic heterocycles. The van der Waals surface area contributed by atoms with Crippen LogP contribution in [0, 0.1) is 19.8 Å². The molecule has 1 heterocycles. The first-order valence-electron chi connectivity index (χ1n) is 5.23. The molecule has 0 aliphatic heterocycles. The summed E-state index contributed by atoms with van der Waals surface area (Å²) >= 11 is 0. The molecule has 1 rings (SSSR count). The molecule has 1 aromatic rings. The molecule has 0 aromatic carbocycles. The van der Waals surface area contributed by atoms with E-state index < -0.39 is 11.9 Å². The Hall–Kier alpha value is -1.98. The van der Waals surface area contributed by atoms with Crippen molar-refractivity contribution in [1.82, 2.24) is 15.3 Å². The van der Waals surface area contributed by atoms with E-state index in [1.165, 1.54) is 13.1 Å². The molecule has 0 saturated heterocycles. The van der Waals surface area contributed by atoms with Gasteiger partial charge in [0.1, 0.15) is 5.82 Å². The topological polar surface area (TPSA) is 92.2 Å². The van der Waals surface area contributed by atoms with Crippen LogP contribution in [0.15, 0.2) is 6.20 Å². The number of carboxylic acids is 1. The van der Waals surface area contributed by atoms with Gasteiger partial charge >= 0.3 is 5.97 Å². The van der Waals surface area contributed by atoms with Gasteiger partial charge in [-0.25, -0.2) is 9.97 Å². The molecular weight excluding hydrogens is 222 g/mol. The highest BCUT2D eigenvalue weighted by atomic mass is 16.4. The molecule has 1 unspecified atom stereocenters. The average molecular weight is 237 g/mol. The van der Waals surface area contributed by atoms with Gasteiger partial charge in [0.2, 0.25) is 0 Å². The molecule has 1 atom stereocenters. The maximum atomic E-state index is 11.7. The number of nitrogens with zero attached hydrogens (tertiary/aromatic N) is 2. The van der Waals surface area contributed by atoms with Crippen molar-refractivity contribution < 1.29 is 14.7 Å². The van der Waals surface area contributed by atoms with E-state index >= 15 is 0 Å². The maximum absolute atomic E-state index is 11.7. The first-order valence-corrected chi connectivity index (χ1v) is 5.23. The van der Waals surface area contributed by atoms with E-state index in [1.54, 1.807) is 13.8 Å². The van der Waals surface area contributed by atoms with Gasteiger partial charge in [0.25, 0.3) is 5.91 Å². The van der Waals surface area contributed by atoms with Crippen LogP contribution in [0.5, 0.6) is 0 Å². The van der Waals surface area contributed by atoms with Gasteiger partial charge in [-0.05, 0) is 13.8 Å². The Kier molecular flexibility index (Phi) is 4.14. The number of aromatic nitrogens is 2. The van der Waals surface area contributed by atoms with E-state index in [4.69, 9.17) is 5.11 Å². The zero-order valence-corrected chi connectivity index (χ0v) is 10.0. The van der Waals surface area contributed by atoms with Crippen LogP contribution >= 0.6 is 0 Å². The summed E-state index contributed by atoms with van der Waals surface area (Å²) in [5, 5.41) is 11.2. The van der Waals surface area contributed by atoms with Gasteiger partial charge in [-0.3, -0.25) is 9.59 Å². The SMILES string of the molecule is Cc1ncc(C(=O)NCC(C)C(=O)O)c(C)n1. The first-order chi connectivity index (χ1) is 7.91.